The molecule has 4 N–H and O–H groups in total. The van der Waals surface area contributed by atoms with Crippen molar-refractivity contribution in [1.29, 1.82) is 0 Å². The lowest BCUT2D eigenvalue weighted by molar-refractivity contribution is -0.288. The molecule has 14 nitrogen and oxygen atoms in total. The molecule has 1 aromatic rings. The number of benzene rings is 1. The summed E-state index contributed by atoms with van der Waals surface area (Å²) in [6.07, 6.45) is -7.05. The summed E-state index contributed by atoms with van der Waals surface area (Å²) in [6.45, 7) is 5.08. The molecular weight excluding hydrogens is 508 g/mol. The first-order chi connectivity index (χ1) is 17.8. The molecule has 0 aliphatic carbocycles. The van der Waals surface area contributed by atoms with Gasteiger partial charge >= 0.3 is 23.9 Å². The molecule has 1 amide bonds. The second-order valence-corrected chi connectivity index (χ2v) is 8.45. The number of carbonyl (C=O) groups is 5. The molecule has 1 saturated heterocycles. The Kier molecular flexibility index (Phi) is 11.0. The summed E-state index contributed by atoms with van der Waals surface area (Å²) in [5.41, 5.74) is 6.17. The van der Waals surface area contributed by atoms with Gasteiger partial charge in [0, 0.05) is 27.7 Å². The van der Waals surface area contributed by atoms with Gasteiger partial charge in [-0.2, -0.15) is 0 Å². The molecule has 0 spiro atoms. The number of carbonyl (C=O) groups excluding carboxylic acids is 5. The Hall–Kier alpha value is -3.75. The fourth-order valence-corrected chi connectivity index (χ4v) is 3.52. The molecular formula is C24H32N2O12. The summed E-state index contributed by atoms with van der Waals surface area (Å²) in [6, 6.07) is 3.50. The Morgan fingerprint density at radius 3 is 2.05 bits per heavy atom. The first-order valence-electron chi connectivity index (χ1n) is 11.6. The Bertz CT molecular complexity index is 1040. The second kappa shape index (κ2) is 13.7. The zero-order chi connectivity index (χ0) is 28.6. The molecule has 1 fully saturated rings. The van der Waals surface area contributed by atoms with Crippen LogP contribution in [0.2, 0.25) is 0 Å². The van der Waals surface area contributed by atoms with Crippen LogP contribution in [-0.4, -0.2) is 78.2 Å². The van der Waals surface area contributed by atoms with E-state index in [2.05, 4.69) is 5.32 Å². The number of rotatable bonds is 10. The summed E-state index contributed by atoms with van der Waals surface area (Å²) in [7, 11) is 0. The normalized spacial score (nSPS) is 23.4. The van der Waals surface area contributed by atoms with Crippen molar-refractivity contribution < 1.29 is 57.5 Å². The van der Waals surface area contributed by atoms with Gasteiger partial charge in [-0.15, -0.1) is 0 Å². The zero-order valence-electron chi connectivity index (χ0n) is 21.6. The number of amides is 1. The summed E-state index contributed by atoms with van der Waals surface area (Å²) in [5, 5.41) is 12.2. The molecule has 1 aliphatic rings. The molecule has 14 heteroatoms. The Balaban J connectivity index is 2.57. The Morgan fingerprint density at radius 1 is 0.947 bits per heavy atom. The van der Waals surface area contributed by atoms with Gasteiger partial charge < -0.3 is 44.6 Å². The van der Waals surface area contributed by atoms with Crippen LogP contribution in [0, 0.1) is 0 Å². The Morgan fingerprint density at radius 2 is 1.53 bits per heavy atom. The summed E-state index contributed by atoms with van der Waals surface area (Å²) in [5.74, 6) is -3.63. The van der Waals surface area contributed by atoms with Crippen LogP contribution >= 0.6 is 0 Å². The molecule has 1 aliphatic heterocycles. The molecule has 0 radical (unpaired) electrons. The maximum absolute atomic E-state index is 12.2. The molecule has 1 unspecified atom stereocenters. The van der Waals surface area contributed by atoms with Gasteiger partial charge in [-0.1, -0.05) is 6.07 Å². The van der Waals surface area contributed by atoms with E-state index >= 15 is 0 Å². The van der Waals surface area contributed by atoms with Gasteiger partial charge in [0.25, 0.3) is 0 Å². The van der Waals surface area contributed by atoms with Gasteiger partial charge in [-0.3, -0.25) is 24.0 Å². The van der Waals surface area contributed by atoms with Crippen molar-refractivity contribution >= 4 is 35.5 Å². The van der Waals surface area contributed by atoms with E-state index in [-0.39, 0.29) is 18.0 Å². The van der Waals surface area contributed by atoms with Crippen molar-refractivity contribution in [2.24, 2.45) is 5.73 Å². The fourth-order valence-electron chi connectivity index (χ4n) is 3.52. The average Bonchev–Trinajstić information content (AvgIpc) is 2.81. The number of ether oxygens (including phenoxy) is 6. The van der Waals surface area contributed by atoms with Crippen molar-refractivity contribution in [3.8, 4) is 5.75 Å². The lowest BCUT2D eigenvalue weighted by Gasteiger charge is -2.44. The Labute approximate surface area is 218 Å². The average molecular weight is 541 g/mol. The number of nitrogens with two attached hydrogens (primary N) is 1. The highest BCUT2D eigenvalue weighted by atomic mass is 16.7. The number of aliphatic hydroxyl groups excluding tert-OH is 1. The molecule has 1 aromatic carbocycles. The van der Waals surface area contributed by atoms with E-state index in [9.17, 15) is 29.1 Å². The van der Waals surface area contributed by atoms with Crippen LogP contribution in [0.5, 0.6) is 5.75 Å². The smallest absolute Gasteiger partial charge is 0.303 e. The van der Waals surface area contributed by atoms with E-state index in [1.807, 2.05) is 0 Å². The van der Waals surface area contributed by atoms with Crippen molar-refractivity contribution in [3.05, 3.63) is 23.8 Å². The lowest BCUT2D eigenvalue weighted by Crippen LogP contribution is -2.63. The number of nitrogens with one attached hydrogen (secondary N) is 1. The predicted molar refractivity (Wildman–Crippen MR) is 127 cm³/mol. The molecule has 0 bridgehead atoms. The minimum atomic E-state index is -1.53. The largest absolute Gasteiger partial charge is 0.463 e. The van der Waals surface area contributed by atoms with Crippen LogP contribution in [-0.2, 0) is 54.3 Å². The van der Waals surface area contributed by atoms with Crippen LogP contribution in [0.15, 0.2) is 18.2 Å². The van der Waals surface area contributed by atoms with E-state index < -0.39 is 73.1 Å². The monoisotopic (exact) mass is 540 g/mol. The van der Waals surface area contributed by atoms with Gasteiger partial charge in [0.1, 0.15) is 18.5 Å². The van der Waals surface area contributed by atoms with E-state index in [1.165, 1.54) is 25.1 Å². The van der Waals surface area contributed by atoms with Crippen molar-refractivity contribution in [3.63, 3.8) is 0 Å². The van der Waals surface area contributed by atoms with Crippen LogP contribution in [0.25, 0.3) is 0 Å². The minimum Gasteiger partial charge on any atom is -0.463 e. The molecule has 6 atom stereocenters. The topological polar surface area (TPSA) is 199 Å². The zero-order valence-corrected chi connectivity index (χ0v) is 21.6. The van der Waals surface area contributed by atoms with Gasteiger partial charge in [0.05, 0.1) is 18.3 Å². The van der Waals surface area contributed by atoms with Gasteiger partial charge in [0.15, 0.2) is 12.2 Å². The van der Waals surface area contributed by atoms with Crippen molar-refractivity contribution in [2.75, 3.05) is 11.9 Å². The van der Waals surface area contributed by atoms with Crippen LogP contribution in [0.1, 0.15) is 40.2 Å². The molecule has 210 valence electrons. The highest BCUT2D eigenvalue weighted by molar-refractivity contribution is 5.95. The first kappa shape index (κ1) is 30.5. The summed E-state index contributed by atoms with van der Waals surface area (Å²) < 4.78 is 33.0. The van der Waals surface area contributed by atoms with Gasteiger partial charge in [0.2, 0.25) is 18.3 Å². The van der Waals surface area contributed by atoms with Crippen molar-refractivity contribution in [2.45, 2.75) is 78.0 Å². The first-order valence-corrected chi connectivity index (χ1v) is 11.6. The van der Waals surface area contributed by atoms with E-state index in [1.54, 1.807) is 0 Å². The molecule has 38 heavy (non-hydrogen) atoms. The van der Waals surface area contributed by atoms with Crippen LogP contribution < -0.4 is 15.8 Å². The number of hydrogen-bond acceptors (Lipinski definition) is 13. The lowest BCUT2D eigenvalue weighted by atomic mass is 9.98. The molecule has 0 aromatic heterocycles. The summed E-state index contributed by atoms with van der Waals surface area (Å²) >= 11 is 0. The highest BCUT2D eigenvalue weighted by Gasteiger charge is 2.53. The third-order valence-corrected chi connectivity index (χ3v) is 5.09. The minimum absolute atomic E-state index is 0.0218. The van der Waals surface area contributed by atoms with E-state index in [0.29, 0.717) is 5.56 Å². The molecule has 2 rings (SSSR count). The predicted octanol–water partition coefficient (Wildman–Crippen LogP) is -0.0735. The number of hydrogen-bond donors (Lipinski definition) is 3. The van der Waals surface area contributed by atoms with E-state index in [0.717, 1.165) is 27.7 Å². The quantitative estimate of drug-likeness (QED) is 0.263. The summed E-state index contributed by atoms with van der Waals surface area (Å²) in [4.78, 5) is 59.6. The van der Waals surface area contributed by atoms with Crippen LogP contribution in [0.3, 0.4) is 0 Å². The maximum Gasteiger partial charge on any atom is 0.303 e. The second-order valence-electron chi connectivity index (χ2n) is 8.45. The highest BCUT2D eigenvalue weighted by Crippen LogP contribution is 2.34. The standard InChI is InChI=1S/C24H32N2O12/c1-11(25)23(32)26-17-7-6-16(9-27)8-18(17)37-24-22(36-15(5)31)21(35-14(4)30)20(34-13(3)29)19(38-24)10-33-12(2)28/h6-8,11,19-22,24,27H,9-10,25H2,1-5H3,(H,26,32)/t11-,19?,20+,21-,22+,24+/m0/s1. The SMILES string of the molecule is CC(=O)OCC1O[C@@H](Oc2cc(CO)ccc2NC(=O)[C@H](C)N)[C@H](OC(C)=O)[C@@H](OC(C)=O)[C@@H]1OC(C)=O. The van der Waals surface area contributed by atoms with Gasteiger partial charge in [-0.05, 0) is 24.6 Å². The number of aliphatic hydroxyl groups is 1. The van der Waals surface area contributed by atoms with Crippen LogP contribution in [0.4, 0.5) is 5.69 Å². The molecule has 0 saturated carbocycles. The third kappa shape index (κ3) is 8.68. The fraction of sp³-hybridized carbons (Fsp3) is 0.542. The number of anilines is 1. The molecule has 1 heterocycles. The number of esters is 4. The van der Waals surface area contributed by atoms with E-state index in [4.69, 9.17) is 34.2 Å². The van der Waals surface area contributed by atoms with Crippen molar-refractivity contribution in [1.82, 2.24) is 0 Å². The van der Waals surface area contributed by atoms with Gasteiger partial charge in [-0.25, -0.2) is 0 Å². The third-order valence-electron chi connectivity index (χ3n) is 5.09. The maximum atomic E-state index is 12.2.